The fraction of sp³-hybridized carbons (Fsp3) is 0.864. The van der Waals surface area contributed by atoms with Crippen molar-refractivity contribution in [1.82, 2.24) is 5.32 Å². The van der Waals surface area contributed by atoms with E-state index in [0.29, 0.717) is 24.7 Å². The van der Waals surface area contributed by atoms with E-state index in [1.54, 1.807) is 0 Å². The zero-order valence-corrected chi connectivity index (χ0v) is 34.3. The molecule has 0 aromatic heterocycles. The highest BCUT2D eigenvalue weighted by atomic mass is 16.5. The average Bonchev–Trinajstić information content (AvgIpc) is 3.33. The Balaban J connectivity index is 1.27. The summed E-state index contributed by atoms with van der Waals surface area (Å²) in [7, 11) is 0. The second-order valence-electron chi connectivity index (χ2n) is 21.6. The van der Waals surface area contributed by atoms with E-state index < -0.39 is 34.2 Å². The number of carboxylic acid groups (broad SMARTS) is 1. The molecule has 0 bridgehead atoms. The van der Waals surface area contributed by atoms with Gasteiger partial charge in [-0.1, -0.05) is 88.7 Å². The van der Waals surface area contributed by atoms with E-state index in [1.165, 1.54) is 5.57 Å². The zero-order valence-electron chi connectivity index (χ0n) is 34.3. The molecule has 0 aliphatic heterocycles. The van der Waals surface area contributed by atoms with E-state index in [1.807, 2.05) is 34.6 Å². The molecule has 1 amide bonds. The van der Waals surface area contributed by atoms with Gasteiger partial charge in [-0.25, -0.2) is 0 Å². The summed E-state index contributed by atoms with van der Waals surface area (Å²) in [6, 6.07) is 0. The molecular weight excluding hydrogens is 654 g/mol. The second-order valence-corrected chi connectivity index (χ2v) is 21.6. The van der Waals surface area contributed by atoms with Crippen LogP contribution < -0.4 is 5.32 Å². The number of amides is 1. The maximum atomic E-state index is 14.0. The Morgan fingerprint density at radius 1 is 0.846 bits per heavy atom. The van der Waals surface area contributed by atoms with E-state index in [4.69, 9.17) is 4.74 Å². The van der Waals surface area contributed by atoms with Gasteiger partial charge in [-0.05, 0) is 109 Å². The Morgan fingerprint density at radius 2 is 1.50 bits per heavy atom. The summed E-state index contributed by atoms with van der Waals surface area (Å²) < 4.78 is 6.39. The van der Waals surface area contributed by atoms with Crippen LogP contribution in [0.3, 0.4) is 0 Å². The summed E-state index contributed by atoms with van der Waals surface area (Å²) in [6.45, 7) is 26.0. The lowest BCUT2D eigenvalue weighted by Gasteiger charge is -2.72. The van der Waals surface area contributed by atoms with Crippen LogP contribution >= 0.6 is 0 Å². The highest BCUT2D eigenvalue weighted by molar-refractivity contribution is 6.00. The molecule has 6 aliphatic rings. The van der Waals surface area contributed by atoms with Crippen molar-refractivity contribution in [2.24, 2.45) is 73.4 Å². The first kappa shape index (κ1) is 39.5. The summed E-state index contributed by atoms with van der Waals surface area (Å²) in [5.74, 6) is -0.766. The minimum Gasteiger partial charge on any atom is -0.481 e. The van der Waals surface area contributed by atoms with Gasteiger partial charge in [0, 0.05) is 29.2 Å². The Bertz CT molecular complexity index is 1550. The highest BCUT2D eigenvalue weighted by Gasteiger charge is 2.71. The number of hydrogen-bond acceptors (Lipinski definition) is 6. The normalized spacial score (nSPS) is 42.6. The molecule has 8 heteroatoms. The number of esters is 1. The van der Waals surface area contributed by atoms with Crippen LogP contribution in [0.15, 0.2) is 11.1 Å². The Labute approximate surface area is 313 Å². The van der Waals surface area contributed by atoms with Gasteiger partial charge in [0.25, 0.3) is 0 Å². The number of ether oxygens (including phenoxy) is 1. The van der Waals surface area contributed by atoms with Crippen molar-refractivity contribution in [3.05, 3.63) is 11.1 Å². The fourth-order valence-corrected chi connectivity index (χ4v) is 13.9. The topological polar surface area (TPSA) is 130 Å². The van der Waals surface area contributed by atoms with Crippen molar-refractivity contribution in [3.8, 4) is 0 Å². The number of ketones is 1. The molecule has 5 fully saturated rings. The Hall–Kier alpha value is -2.22. The molecule has 292 valence electrons. The summed E-state index contributed by atoms with van der Waals surface area (Å²) in [6.07, 6.45) is 7.30. The third kappa shape index (κ3) is 5.43. The molecule has 3 N–H and O–H groups in total. The van der Waals surface area contributed by atoms with Crippen LogP contribution in [-0.2, 0) is 23.9 Å². The van der Waals surface area contributed by atoms with Crippen molar-refractivity contribution < 1.29 is 34.1 Å². The third-order valence-corrected chi connectivity index (χ3v) is 17.3. The van der Waals surface area contributed by atoms with E-state index in [9.17, 15) is 29.4 Å². The van der Waals surface area contributed by atoms with Gasteiger partial charge in [0.15, 0.2) is 5.78 Å². The molecule has 0 unspecified atom stereocenters. The van der Waals surface area contributed by atoms with Gasteiger partial charge in [-0.3, -0.25) is 19.2 Å². The number of aliphatic carboxylic acids is 1. The molecule has 0 heterocycles. The first-order chi connectivity index (χ1) is 23.8. The average molecular weight is 724 g/mol. The number of aliphatic hydroxyl groups is 1. The van der Waals surface area contributed by atoms with E-state index in [-0.39, 0.29) is 69.7 Å². The predicted molar refractivity (Wildman–Crippen MR) is 201 cm³/mol. The lowest BCUT2D eigenvalue weighted by molar-refractivity contribution is -0.238. The van der Waals surface area contributed by atoms with Crippen molar-refractivity contribution in [2.45, 2.75) is 160 Å². The largest absolute Gasteiger partial charge is 0.481 e. The van der Waals surface area contributed by atoms with Gasteiger partial charge in [-0.2, -0.15) is 0 Å². The van der Waals surface area contributed by atoms with Gasteiger partial charge in [0.1, 0.15) is 6.10 Å². The summed E-state index contributed by atoms with van der Waals surface area (Å²) in [5, 5.41) is 24.7. The number of Topliss-reactive ketones (excluding diaryl/α,β-unsaturated/α-hetero) is 1. The molecule has 0 radical (unpaired) electrons. The van der Waals surface area contributed by atoms with Crippen molar-refractivity contribution in [2.75, 3.05) is 6.54 Å². The summed E-state index contributed by atoms with van der Waals surface area (Å²) in [5.41, 5.74) is 0.149. The number of nitrogens with one attached hydrogen (secondary N) is 1. The molecule has 0 aromatic rings. The van der Waals surface area contributed by atoms with E-state index >= 15 is 0 Å². The number of carbonyl (C=O) groups is 4. The van der Waals surface area contributed by atoms with E-state index in [2.05, 4.69) is 53.8 Å². The van der Waals surface area contributed by atoms with Crippen molar-refractivity contribution in [1.29, 1.82) is 0 Å². The molecule has 8 nitrogen and oxygen atoms in total. The SMILES string of the molecule is CC(C)C1=C2[C@H]3CC[C@@H]4[C@@]5(C)CC[C@H](OC(=O)[C@H]6C[C@@H](C(=O)O)C6(C)C)C(C)(C)[C@@H]5CC[C@@]4(C)[C@]3(C)CC[C@@]2([C@@H](O)CNC(=O)C(C)(C)C)CC1=O. The van der Waals surface area contributed by atoms with Gasteiger partial charge in [0.2, 0.25) is 5.91 Å². The standard InChI is InChI=1S/C44H69NO7/c1-24(2)33-28(46)22-44(31(47)23-45-37(51)38(3,4)5)20-19-42(11)25(34(33)44)13-14-30-41(10)17-16-32(40(8,9)29(41)15-18-43(30,42)12)52-36(50)27-21-26(35(48)49)39(27,6)7/h24-27,29-32,47H,13-23H2,1-12H3,(H,45,51)(H,48,49)/t25-,26+,27-,29+,30-,31+,32+,41+,42-,43-,44+/m1/s1. The monoisotopic (exact) mass is 724 g/mol. The lowest BCUT2D eigenvalue weighted by Crippen LogP contribution is -2.66. The molecule has 0 saturated heterocycles. The molecule has 6 aliphatic carbocycles. The quantitative estimate of drug-likeness (QED) is 0.226. The van der Waals surface area contributed by atoms with Crippen LogP contribution in [0, 0.1) is 73.4 Å². The zero-order chi connectivity index (χ0) is 38.8. The molecule has 52 heavy (non-hydrogen) atoms. The third-order valence-electron chi connectivity index (χ3n) is 17.3. The number of aliphatic hydroxyl groups excluding tert-OH is 1. The number of hydrogen-bond donors (Lipinski definition) is 3. The second kappa shape index (κ2) is 12.4. The fourth-order valence-electron chi connectivity index (χ4n) is 13.9. The lowest BCUT2D eigenvalue weighted by atomic mass is 9.33. The van der Waals surface area contributed by atoms with Crippen LogP contribution in [-0.4, -0.2) is 52.6 Å². The van der Waals surface area contributed by atoms with Gasteiger partial charge in [-0.15, -0.1) is 0 Å². The van der Waals surface area contributed by atoms with Crippen molar-refractivity contribution in [3.63, 3.8) is 0 Å². The predicted octanol–water partition coefficient (Wildman–Crippen LogP) is 8.15. The first-order valence-corrected chi connectivity index (χ1v) is 20.5. The molecule has 0 spiro atoms. The smallest absolute Gasteiger partial charge is 0.309 e. The molecular formula is C44H69NO7. The summed E-state index contributed by atoms with van der Waals surface area (Å²) in [4.78, 5) is 52.2. The first-order valence-electron chi connectivity index (χ1n) is 20.5. The molecule has 6 rings (SSSR count). The van der Waals surface area contributed by atoms with Crippen LogP contribution in [0.2, 0.25) is 0 Å². The molecule has 11 atom stereocenters. The molecule has 5 saturated carbocycles. The number of allylic oxidation sites excluding steroid dienone is 1. The van der Waals surface area contributed by atoms with E-state index in [0.717, 1.165) is 56.9 Å². The number of fused-ring (bicyclic) bond motifs is 7. The van der Waals surface area contributed by atoms with Gasteiger partial charge >= 0.3 is 11.9 Å². The minimum absolute atomic E-state index is 0.0286. The van der Waals surface area contributed by atoms with Crippen molar-refractivity contribution >= 4 is 23.6 Å². The Kier molecular flexibility index (Phi) is 9.41. The minimum atomic E-state index is -0.836. The van der Waals surface area contributed by atoms with Gasteiger partial charge < -0.3 is 20.3 Å². The van der Waals surface area contributed by atoms with Crippen LogP contribution in [0.4, 0.5) is 0 Å². The highest BCUT2D eigenvalue weighted by Crippen LogP contribution is 2.77. The maximum absolute atomic E-state index is 14.0. The molecule has 0 aromatic carbocycles. The maximum Gasteiger partial charge on any atom is 0.309 e. The van der Waals surface area contributed by atoms with Crippen LogP contribution in [0.25, 0.3) is 0 Å². The van der Waals surface area contributed by atoms with Crippen LogP contribution in [0.1, 0.15) is 147 Å². The van der Waals surface area contributed by atoms with Crippen LogP contribution in [0.5, 0.6) is 0 Å². The number of carbonyl (C=O) groups excluding carboxylic acids is 3. The Morgan fingerprint density at radius 3 is 2.08 bits per heavy atom. The van der Waals surface area contributed by atoms with Gasteiger partial charge in [0.05, 0.1) is 17.9 Å². The summed E-state index contributed by atoms with van der Waals surface area (Å²) >= 11 is 0. The number of rotatable bonds is 7. The number of carboxylic acids is 1.